The number of piperidine rings is 1. The molecule has 0 saturated carbocycles. The van der Waals surface area contributed by atoms with E-state index in [0.29, 0.717) is 32.1 Å². The number of benzene rings is 1. The lowest BCUT2D eigenvalue weighted by Gasteiger charge is -2.32. The molecule has 1 aromatic rings. The van der Waals surface area contributed by atoms with E-state index in [1.165, 1.54) is 0 Å². The third-order valence-corrected chi connectivity index (χ3v) is 6.45. The summed E-state index contributed by atoms with van der Waals surface area (Å²) in [5.74, 6) is -2.10. The molecule has 0 aliphatic carbocycles. The Morgan fingerprint density at radius 1 is 1.31 bits per heavy atom. The number of nitrogens with zero attached hydrogens (tertiary/aromatic N) is 2. The smallest absolute Gasteiger partial charge is 0.246 e. The summed E-state index contributed by atoms with van der Waals surface area (Å²) in [4.78, 5) is 13.4. The van der Waals surface area contributed by atoms with E-state index in [9.17, 15) is 22.0 Å². The van der Waals surface area contributed by atoms with Crippen LogP contribution in [0.4, 0.5) is 8.78 Å². The van der Waals surface area contributed by atoms with Crippen LogP contribution >= 0.6 is 0 Å². The second-order valence-corrected chi connectivity index (χ2v) is 8.27. The number of amides is 1. The number of ether oxygens (including phenoxy) is 1. The van der Waals surface area contributed by atoms with Crippen molar-refractivity contribution in [3.8, 4) is 0 Å². The van der Waals surface area contributed by atoms with Crippen LogP contribution in [0.3, 0.4) is 0 Å². The van der Waals surface area contributed by atoms with E-state index in [4.69, 9.17) is 4.74 Å². The minimum absolute atomic E-state index is 0.0323. The van der Waals surface area contributed by atoms with E-state index >= 15 is 0 Å². The Balaban J connectivity index is 1.99. The van der Waals surface area contributed by atoms with Crippen LogP contribution in [0.15, 0.2) is 23.1 Å². The monoisotopic (exact) mass is 390 g/mol. The van der Waals surface area contributed by atoms with E-state index in [1.807, 2.05) is 0 Å². The number of rotatable bonds is 7. The minimum atomic E-state index is -4.13. The summed E-state index contributed by atoms with van der Waals surface area (Å²) >= 11 is 0. The number of carbonyl (C=O) groups is 1. The highest BCUT2D eigenvalue weighted by Crippen LogP contribution is 2.26. The zero-order chi connectivity index (χ0) is 19.3. The molecule has 0 aromatic heterocycles. The maximum atomic E-state index is 13.8. The molecule has 1 saturated heterocycles. The third-order valence-electron chi connectivity index (χ3n) is 4.53. The van der Waals surface area contributed by atoms with Gasteiger partial charge in [0, 0.05) is 46.3 Å². The Kier molecular flexibility index (Phi) is 7.08. The number of halogens is 2. The van der Waals surface area contributed by atoms with Gasteiger partial charge >= 0.3 is 0 Å². The Bertz CT molecular complexity index is 734. The van der Waals surface area contributed by atoms with Crippen LogP contribution in [0.1, 0.15) is 19.3 Å². The highest BCUT2D eigenvalue weighted by atomic mass is 32.2. The van der Waals surface area contributed by atoms with Crippen LogP contribution in [0.2, 0.25) is 0 Å². The highest BCUT2D eigenvalue weighted by molar-refractivity contribution is 7.89. The Hall–Kier alpha value is -1.58. The predicted molar refractivity (Wildman–Crippen MR) is 92.0 cm³/mol. The van der Waals surface area contributed by atoms with Crippen molar-refractivity contribution in [1.29, 1.82) is 0 Å². The van der Waals surface area contributed by atoms with Gasteiger partial charge in [-0.2, -0.15) is 4.31 Å². The highest BCUT2D eigenvalue weighted by Gasteiger charge is 2.34. The van der Waals surface area contributed by atoms with Crippen molar-refractivity contribution in [2.45, 2.75) is 24.2 Å². The normalized spacial score (nSPS) is 16.6. The molecular weight excluding hydrogens is 366 g/mol. The number of carbonyl (C=O) groups excluding carboxylic acids is 1. The molecule has 1 aliphatic rings. The fourth-order valence-corrected chi connectivity index (χ4v) is 4.57. The summed E-state index contributed by atoms with van der Waals surface area (Å²) in [6.07, 6.45) is 1.43. The van der Waals surface area contributed by atoms with E-state index in [1.54, 1.807) is 19.1 Å². The molecule has 0 spiro atoms. The molecule has 9 heteroatoms. The minimum Gasteiger partial charge on any atom is -0.385 e. The molecule has 0 unspecified atom stereocenters. The third kappa shape index (κ3) is 4.77. The van der Waals surface area contributed by atoms with E-state index < -0.39 is 26.6 Å². The van der Waals surface area contributed by atoms with Gasteiger partial charge in [0.1, 0.15) is 16.5 Å². The van der Waals surface area contributed by atoms with Crippen molar-refractivity contribution in [3.63, 3.8) is 0 Å². The van der Waals surface area contributed by atoms with E-state index in [0.717, 1.165) is 22.9 Å². The van der Waals surface area contributed by atoms with Crippen LogP contribution < -0.4 is 0 Å². The van der Waals surface area contributed by atoms with Crippen LogP contribution in [-0.2, 0) is 19.6 Å². The molecule has 6 nitrogen and oxygen atoms in total. The Morgan fingerprint density at radius 3 is 2.58 bits per heavy atom. The lowest BCUT2D eigenvalue weighted by atomic mass is 9.96. The average Bonchev–Trinajstić information content (AvgIpc) is 2.63. The second kappa shape index (κ2) is 8.88. The second-order valence-electron chi connectivity index (χ2n) is 6.36. The fraction of sp³-hybridized carbons (Fsp3) is 0.588. The lowest BCUT2D eigenvalue weighted by molar-refractivity contribution is -0.135. The standard InChI is InChI=1S/C17H24F2N2O4S/c1-20(8-3-11-25-2)17(22)13-6-9-21(10-7-13)26(23,24)16-12-14(18)4-5-15(16)19/h4-5,12-13H,3,6-11H2,1-2H3. The summed E-state index contributed by atoms with van der Waals surface area (Å²) in [6, 6.07) is 2.36. The summed E-state index contributed by atoms with van der Waals surface area (Å²) in [7, 11) is -0.817. The topological polar surface area (TPSA) is 66.9 Å². The quantitative estimate of drug-likeness (QED) is 0.667. The maximum Gasteiger partial charge on any atom is 0.246 e. The van der Waals surface area contributed by atoms with Gasteiger partial charge in [-0.05, 0) is 37.5 Å². The molecule has 0 bridgehead atoms. The van der Waals surface area contributed by atoms with Gasteiger partial charge < -0.3 is 9.64 Å². The predicted octanol–water partition coefficient (Wildman–Crippen LogP) is 1.86. The van der Waals surface area contributed by atoms with Gasteiger partial charge in [-0.3, -0.25) is 4.79 Å². The molecule has 1 amide bonds. The molecule has 1 aromatic carbocycles. The van der Waals surface area contributed by atoms with Crippen LogP contribution in [-0.4, -0.2) is 63.9 Å². The molecule has 1 fully saturated rings. The van der Waals surface area contributed by atoms with Gasteiger partial charge in [0.15, 0.2) is 0 Å². The Labute approximate surface area is 152 Å². The summed E-state index contributed by atoms with van der Waals surface area (Å²) < 4.78 is 58.3. The zero-order valence-corrected chi connectivity index (χ0v) is 15.8. The molecule has 1 aliphatic heterocycles. The summed E-state index contributed by atoms with van der Waals surface area (Å²) in [5, 5.41) is 0. The van der Waals surface area contributed by atoms with Crippen molar-refractivity contribution in [3.05, 3.63) is 29.8 Å². The summed E-state index contributed by atoms with van der Waals surface area (Å²) in [6.45, 7) is 1.33. The van der Waals surface area contributed by atoms with Crippen molar-refractivity contribution in [2.24, 2.45) is 5.92 Å². The number of hydrogen-bond donors (Lipinski definition) is 0. The molecule has 0 radical (unpaired) electrons. The first-order chi connectivity index (χ1) is 12.3. The van der Waals surface area contributed by atoms with E-state index in [2.05, 4.69) is 0 Å². The first kappa shape index (κ1) is 20.7. The van der Waals surface area contributed by atoms with E-state index in [-0.39, 0.29) is 24.9 Å². The number of methoxy groups -OCH3 is 1. The lowest BCUT2D eigenvalue weighted by Crippen LogP contribution is -2.43. The zero-order valence-electron chi connectivity index (χ0n) is 15.0. The fourth-order valence-electron chi connectivity index (χ4n) is 3.02. The van der Waals surface area contributed by atoms with Gasteiger partial charge in [0.25, 0.3) is 0 Å². The van der Waals surface area contributed by atoms with Gasteiger partial charge in [-0.25, -0.2) is 17.2 Å². The van der Waals surface area contributed by atoms with Gasteiger partial charge in [0.2, 0.25) is 15.9 Å². The van der Waals surface area contributed by atoms with Crippen LogP contribution in [0.25, 0.3) is 0 Å². The largest absolute Gasteiger partial charge is 0.385 e. The summed E-state index contributed by atoms with van der Waals surface area (Å²) in [5.41, 5.74) is 0. The van der Waals surface area contributed by atoms with Crippen molar-refractivity contribution >= 4 is 15.9 Å². The van der Waals surface area contributed by atoms with Crippen molar-refractivity contribution in [2.75, 3.05) is 40.4 Å². The van der Waals surface area contributed by atoms with Gasteiger partial charge in [-0.1, -0.05) is 0 Å². The first-order valence-corrected chi connectivity index (χ1v) is 9.90. The molecule has 0 N–H and O–H groups in total. The molecular formula is C17H24F2N2O4S. The SMILES string of the molecule is COCCCN(C)C(=O)C1CCN(S(=O)(=O)c2cc(F)ccc2F)CC1. The van der Waals surface area contributed by atoms with Gasteiger partial charge in [0.05, 0.1) is 0 Å². The molecule has 146 valence electrons. The molecule has 2 rings (SSSR count). The van der Waals surface area contributed by atoms with Crippen LogP contribution in [0.5, 0.6) is 0 Å². The van der Waals surface area contributed by atoms with Crippen LogP contribution in [0, 0.1) is 17.6 Å². The number of sulfonamides is 1. The molecule has 0 atom stereocenters. The van der Waals surface area contributed by atoms with Crippen molar-refractivity contribution < 1.29 is 26.7 Å². The maximum absolute atomic E-state index is 13.8. The molecule has 26 heavy (non-hydrogen) atoms. The van der Waals surface area contributed by atoms with Crippen molar-refractivity contribution in [1.82, 2.24) is 9.21 Å². The first-order valence-electron chi connectivity index (χ1n) is 8.46. The average molecular weight is 390 g/mol. The number of hydrogen-bond acceptors (Lipinski definition) is 4. The van der Waals surface area contributed by atoms with Gasteiger partial charge in [-0.15, -0.1) is 0 Å². The molecule has 1 heterocycles. The Morgan fingerprint density at radius 2 is 1.96 bits per heavy atom.